The molecule has 2 rings (SSSR count). The van der Waals surface area contributed by atoms with Gasteiger partial charge in [-0.1, -0.05) is 0 Å². The number of carbonyl (C=O) groups is 1. The molecule has 2 aromatic heterocycles. The fourth-order valence-electron chi connectivity index (χ4n) is 1.37. The fourth-order valence-corrected chi connectivity index (χ4v) is 2.15. The van der Waals surface area contributed by atoms with Gasteiger partial charge in [0.05, 0.1) is 12.2 Å². The standard InChI is InChI=1S/C9H11N5O2S/c1-5-7(9(15)16)8(17-13-5)10-3-6-12-11-4-14(6)2/h4,10H,3H2,1-2H3,(H,15,16). The minimum Gasteiger partial charge on any atom is -0.478 e. The number of aryl methyl sites for hydroxylation is 2. The predicted molar refractivity (Wildman–Crippen MR) is 62.1 cm³/mol. The molecule has 0 atom stereocenters. The van der Waals surface area contributed by atoms with Crippen LogP contribution in [-0.2, 0) is 13.6 Å². The van der Waals surface area contributed by atoms with Gasteiger partial charge in [0.15, 0.2) is 5.82 Å². The molecule has 0 aromatic carbocycles. The molecule has 0 bridgehead atoms. The number of carboxylic acids is 1. The zero-order chi connectivity index (χ0) is 12.4. The predicted octanol–water partition coefficient (Wildman–Crippen LogP) is 0.890. The Balaban J connectivity index is 2.15. The van der Waals surface area contributed by atoms with E-state index >= 15 is 0 Å². The number of aromatic nitrogens is 4. The fraction of sp³-hybridized carbons (Fsp3) is 0.333. The topological polar surface area (TPSA) is 92.9 Å². The van der Waals surface area contributed by atoms with E-state index in [2.05, 4.69) is 19.9 Å². The average molecular weight is 253 g/mol. The van der Waals surface area contributed by atoms with Gasteiger partial charge in [-0.25, -0.2) is 4.79 Å². The van der Waals surface area contributed by atoms with Crippen LogP contribution in [0.25, 0.3) is 0 Å². The summed E-state index contributed by atoms with van der Waals surface area (Å²) in [5.41, 5.74) is 0.736. The number of rotatable bonds is 4. The molecule has 0 fully saturated rings. The van der Waals surface area contributed by atoms with Crippen LogP contribution in [0.5, 0.6) is 0 Å². The molecule has 0 aliphatic heterocycles. The Bertz CT molecular complexity index is 547. The zero-order valence-corrected chi connectivity index (χ0v) is 10.2. The van der Waals surface area contributed by atoms with E-state index in [1.54, 1.807) is 17.8 Å². The van der Waals surface area contributed by atoms with Crippen LogP contribution in [0.15, 0.2) is 6.33 Å². The highest BCUT2D eigenvalue weighted by Crippen LogP contribution is 2.24. The molecule has 0 aliphatic rings. The van der Waals surface area contributed by atoms with Crippen molar-refractivity contribution < 1.29 is 9.90 Å². The lowest BCUT2D eigenvalue weighted by molar-refractivity contribution is 0.0697. The van der Waals surface area contributed by atoms with Crippen molar-refractivity contribution in [2.24, 2.45) is 7.05 Å². The number of nitrogens with zero attached hydrogens (tertiary/aromatic N) is 4. The summed E-state index contributed by atoms with van der Waals surface area (Å²) in [4.78, 5) is 11.0. The van der Waals surface area contributed by atoms with Gasteiger partial charge in [-0.3, -0.25) is 0 Å². The van der Waals surface area contributed by atoms with E-state index in [1.807, 2.05) is 7.05 Å². The lowest BCUT2D eigenvalue weighted by atomic mass is 10.2. The average Bonchev–Trinajstić information content (AvgIpc) is 2.82. The molecule has 0 amide bonds. The van der Waals surface area contributed by atoms with Crippen molar-refractivity contribution in [3.63, 3.8) is 0 Å². The SMILES string of the molecule is Cc1nsc(NCc2nncn2C)c1C(=O)O. The van der Waals surface area contributed by atoms with Gasteiger partial charge in [0.1, 0.15) is 16.9 Å². The van der Waals surface area contributed by atoms with Crippen molar-refractivity contribution in [3.05, 3.63) is 23.4 Å². The number of hydrogen-bond donors (Lipinski definition) is 2. The molecule has 2 heterocycles. The molecule has 0 spiro atoms. The molecule has 0 radical (unpaired) electrons. The Hall–Kier alpha value is -1.96. The van der Waals surface area contributed by atoms with Crippen LogP contribution in [0.4, 0.5) is 5.00 Å². The highest BCUT2D eigenvalue weighted by molar-refractivity contribution is 7.10. The van der Waals surface area contributed by atoms with Gasteiger partial charge in [0, 0.05) is 7.05 Å². The summed E-state index contributed by atoms with van der Waals surface area (Å²) in [5.74, 6) is -0.246. The van der Waals surface area contributed by atoms with E-state index in [4.69, 9.17) is 5.11 Å². The second kappa shape index (κ2) is 4.50. The van der Waals surface area contributed by atoms with Crippen LogP contribution in [0, 0.1) is 6.92 Å². The lowest BCUT2D eigenvalue weighted by Gasteiger charge is -2.03. The lowest BCUT2D eigenvalue weighted by Crippen LogP contribution is -2.08. The van der Waals surface area contributed by atoms with Gasteiger partial charge in [-0.15, -0.1) is 10.2 Å². The van der Waals surface area contributed by atoms with Gasteiger partial charge in [0.2, 0.25) is 0 Å². The van der Waals surface area contributed by atoms with E-state index < -0.39 is 5.97 Å². The first-order valence-corrected chi connectivity index (χ1v) is 5.63. The Morgan fingerprint density at radius 3 is 3.00 bits per heavy atom. The summed E-state index contributed by atoms with van der Waals surface area (Å²) >= 11 is 1.13. The third-order valence-corrected chi connectivity index (χ3v) is 3.18. The Morgan fingerprint density at radius 1 is 1.65 bits per heavy atom. The van der Waals surface area contributed by atoms with Gasteiger partial charge >= 0.3 is 5.97 Å². The monoisotopic (exact) mass is 253 g/mol. The molecule has 0 unspecified atom stereocenters. The number of aromatic carboxylic acids is 1. The highest BCUT2D eigenvalue weighted by atomic mass is 32.1. The van der Waals surface area contributed by atoms with Crippen molar-refractivity contribution >= 4 is 22.5 Å². The van der Waals surface area contributed by atoms with E-state index in [9.17, 15) is 4.79 Å². The third-order valence-electron chi connectivity index (χ3n) is 2.29. The van der Waals surface area contributed by atoms with Crippen LogP contribution < -0.4 is 5.32 Å². The first-order valence-electron chi connectivity index (χ1n) is 4.86. The van der Waals surface area contributed by atoms with Crippen molar-refractivity contribution in [3.8, 4) is 0 Å². The first kappa shape index (κ1) is 11.5. The van der Waals surface area contributed by atoms with Crippen molar-refractivity contribution in [2.45, 2.75) is 13.5 Å². The Labute approximate surface area is 101 Å². The molecular weight excluding hydrogens is 242 g/mol. The quantitative estimate of drug-likeness (QED) is 0.840. The van der Waals surface area contributed by atoms with E-state index in [0.29, 0.717) is 17.2 Å². The van der Waals surface area contributed by atoms with Crippen molar-refractivity contribution in [1.82, 2.24) is 19.1 Å². The number of hydrogen-bond acceptors (Lipinski definition) is 6. The second-order valence-corrected chi connectivity index (χ2v) is 4.26. The first-order chi connectivity index (χ1) is 8.09. The van der Waals surface area contributed by atoms with Crippen LogP contribution >= 0.6 is 11.5 Å². The molecule has 90 valence electrons. The molecule has 2 aromatic rings. The van der Waals surface area contributed by atoms with E-state index in [1.165, 1.54) is 0 Å². The summed E-state index contributed by atoms with van der Waals surface area (Å²) in [7, 11) is 1.83. The summed E-state index contributed by atoms with van der Waals surface area (Å²) in [6.45, 7) is 2.09. The molecule has 0 saturated carbocycles. The maximum absolute atomic E-state index is 11.0. The normalized spacial score (nSPS) is 10.5. The molecule has 0 aliphatic carbocycles. The van der Waals surface area contributed by atoms with Gasteiger partial charge in [-0.05, 0) is 18.5 Å². The molecule has 2 N–H and O–H groups in total. The van der Waals surface area contributed by atoms with Crippen LogP contribution in [0.2, 0.25) is 0 Å². The zero-order valence-electron chi connectivity index (χ0n) is 9.34. The second-order valence-electron chi connectivity index (χ2n) is 3.49. The van der Waals surface area contributed by atoms with Gasteiger partial charge in [0.25, 0.3) is 0 Å². The number of nitrogens with one attached hydrogen (secondary N) is 1. The largest absolute Gasteiger partial charge is 0.478 e. The number of anilines is 1. The smallest absolute Gasteiger partial charge is 0.340 e. The minimum atomic E-state index is -0.975. The summed E-state index contributed by atoms with van der Waals surface area (Å²) in [6.07, 6.45) is 1.59. The summed E-state index contributed by atoms with van der Waals surface area (Å²) in [5, 5.41) is 20.2. The molecule has 17 heavy (non-hydrogen) atoms. The summed E-state index contributed by atoms with van der Waals surface area (Å²) in [6, 6.07) is 0. The molecular formula is C9H11N5O2S. The number of carboxylic acid groups (broad SMARTS) is 1. The Kier molecular flexibility index (Phi) is 3.05. The summed E-state index contributed by atoms with van der Waals surface area (Å²) < 4.78 is 5.78. The van der Waals surface area contributed by atoms with Gasteiger partial charge < -0.3 is 15.0 Å². The van der Waals surface area contributed by atoms with Gasteiger partial charge in [-0.2, -0.15) is 4.37 Å². The third kappa shape index (κ3) is 2.26. The van der Waals surface area contributed by atoms with E-state index in [0.717, 1.165) is 17.4 Å². The maximum Gasteiger partial charge on any atom is 0.340 e. The Morgan fingerprint density at radius 2 is 2.41 bits per heavy atom. The van der Waals surface area contributed by atoms with E-state index in [-0.39, 0.29) is 5.56 Å². The van der Waals surface area contributed by atoms with Crippen LogP contribution in [-0.4, -0.2) is 30.2 Å². The minimum absolute atomic E-state index is 0.220. The van der Waals surface area contributed by atoms with Crippen molar-refractivity contribution in [1.29, 1.82) is 0 Å². The van der Waals surface area contributed by atoms with Crippen molar-refractivity contribution in [2.75, 3.05) is 5.32 Å². The molecule has 7 nitrogen and oxygen atoms in total. The van der Waals surface area contributed by atoms with Crippen LogP contribution in [0.1, 0.15) is 21.9 Å². The molecule has 8 heteroatoms. The van der Waals surface area contributed by atoms with Crippen LogP contribution in [0.3, 0.4) is 0 Å². The molecule has 0 saturated heterocycles. The highest BCUT2D eigenvalue weighted by Gasteiger charge is 2.17. The maximum atomic E-state index is 11.0.